The molecule has 3 heterocycles. The summed E-state index contributed by atoms with van der Waals surface area (Å²) in [4.78, 5) is 21.6. The van der Waals surface area contributed by atoms with Crippen LogP contribution in [0.3, 0.4) is 0 Å². The Morgan fingerprint density at radius 2 is 1.75 bits per heavy atom. The number of ether oxygens (including phenoxy) is 1. The fraction of sp³-hybridized carbons (Fsp3) is 0.250. The third-order valence-electron chi connectivity index (χ3n) is 5.70. The van der Waals surface area contributed by atoms with Crippen LogP contribution in [0.25, 0.3) is 16.6 Å². The van der Waals surface area contributed by atoms with Gasteiger partial charge in [0, 0.05) is 38.6 Å². The molecule has 0 radical (unpaired) electrons. The van der Waals surface area contributed by atoms with Crippen LogP contribution in [-0.4, -0.2) is 63.3 Å². The number of imidazole rings is 1. The summed E-state index contributed by atoms with van der Waals surface area (Å²) in [5.41, 5.74) is 0.642. The van der Waals surface area contributed by atoms with E-state index in [0.717, 1.165) is 22.4 Å². The van der Waals surface area contributed by atoms with Crippen LogP contribution in [0, 0.1) is 0 Å². The summed E-state index contributed by atoms with van der Waals surface area (Å²) in [7, 11) is 0. The lowest BCUT2D eigenvalue weighted by atomic mass is 10.0. The van der Waals surface area contributed by atoms with E-state index in [-0.39, 0.29) is 5.91 Å². The van der Waals surface area contributed by atoms with Gasteiger partial charge < -0.3 is 14.5 Å². The number of rotatable bonds is 5. The van der Waals surface area contributed by atoms with Crippen molar-refractivity contribution in [1.29, 1.82) is 0 Å². The zero-order valence-corrected chi connectivity index (χ0v) is 17.9. The van der Waals surface area contributed by atoms with E-state index in [9.17, 15) is 4.79 Å². The number of fused-ring (bicyclic) bond motifs is 1. The van der Waals surface area contributed by atoms with Crippen LogP contribution in [-0.2, 0) is 0 Å². The van der Waals surface area contributed by atoms with Crippen molar-refractivity contribution in [3.63, 3.8) is 0 Å². The van der Waals surface area contributed by atoms with Crippen LogP contribution in [0.5, 0.6) is 5.75 Å². The minimum Gasteiger partial charge on any atom is -0.493 e. The lowest BCUT2D eigenvalue weighted by molar-refractivity contribution is 0.0744. The number of carbonyl (C=O) groups excluding carboxylic acids is 1. The van der Waals surface area contributed by atoms with Gasteiger partial charge in [0.1, 0.15) is 12.1 Å². The summed E-state index contributed by atoms with van der Waals surface area (Å²) in [5.74, 6) is 2.17. The Balaban J connectivity index is 1.32. The second-order valence-electron chi connectivity index (χ2n) is 7.59. The number of nitrogens with zero attached hydrogens (tertiary/aromatic N) is 6. The van der Waals surface area contributed by atoms with E-state index in [1.54, 1.807) is 12.5 Å². The second-order valence-corrected chi connectivity index (χ2v) is 7.59. The minimum atomic E-state index is 0.00596. The van der Waals surface area contributed by atoms with Crippen LogP contribution >= 0.6 is 0 Å². The second kappa shape index (κ2) is 8.66. The van der Waals surface area contributed by atoms with Crippen molar-refractivity contribution in [2.45, 2.75) is 6.92 Å². The summed E-state index contributed by atoms with van der Waals surface area (Å²) in [6.07, 6.45) is 5.23. The van der Waals surface area contributed by atoms with Crippen molar-refractivity contribution in [3.05, 3.63) is 72.8 Å². The Kier molecular flexibility index (Phi) is 5.41. The van der Waals surface area contributed by atoms with Crippen molar-refractivity contribution < 1.29 is 9.53 Å². The molecule has 1 amide bonds. The van der Waals surface area contributed by atoms with Gasteiger partial charge >= 0.3 is 0 Å². The fourth-order valence-electron chi connectivity index (χ4n) is 4.06. The van der Waals surface area contributed by atoms with E-state index < -0.39 is 0 Å². The average Bonchev–Trinajstić information content (AvgIpc) is 3.39. The SMILES string of the molecule is CCOc1ccc2ccccc2c1C(=O)N1CCN(c2ccc(-n3ccnc3)nn2)CC1. The molecule has 32 heavy (non-hydrogen) atoms. The summed E-state index contributed by atoms with van der Waals surface area (Å²) in [6, 6.07) is 15.7. The molecule has 2 aromatic carbocycles. The van der Waals surface area contributed by atoms with Crippen molar-refractivity contribution >= 4 is 22.5 Å². The van der Waals surface area contributed by atoms with Gasteiger partial charge in [-0.3, -0.25) is 9.36 Å². The Labute approximate surface area is 186 Å². The molecule has 0 unspecified atom stereocenters. The lowest BCUT2D eigenvalue weighted by Gasteiger charge is -2.35. The molecule has 1 aliphatic heterocycles. The number of amides is 1. The number of hydrogen-bond acceptors (Lipinski definition) is 6. The van der Waals surface area contributed by atoms with Gasteiger partial charge in [-0.1, -0.05) is 30.3 Å². The van der Waals surface area contributed by atoms with Crippen LogP contribution in [0.2, 0.25) is 0 Å². The Hall–Kier alpha value is -3.94. The zero-order valence-electron chi connectivity index (χ0n) is 17.9. The van der Waals surface area contributed by atoms with E-state index >= 15 is 0 Å². The molecule has 0 spiro atoms. The van der Waals surface area contributed by atoms with Gasteiger partial charge in [0.05, 0.1) is 12.2 Å². The standard InChI is InChI=1S/C24H24N6O2/c1-2-32-20-8-7-18-5-3-4-6-19(18)23(20)24(31)29-15-13-28(14-16-29)21-9-10-22(27-26-21)30-12-11-25-17-30/h3-12,17H,2,13-16H2,1H3. The van der Waals surface area contributed by atoms with Crippen LogP contribution < -0.4 is 9.64 Å². The lowest BCUT2D eigenvalue weighted by Crippen LogP contribution is -2.49. The molecule has 0 bridgehead atoms. The highest BCUT2D eigenvalue weighted by molar-refractivity contribution is 6.09. The molecule has 8 nitrogen and oxygen atoms in total. The van der Waals surface area contributed by atoms with Gasteiger partial charge in [0.2, 0.25) is 0 Å². The highest BCUT2D eigenvalue weighted by Gasteiger charge is 2.26. The van der Waals surface area contributed by atoms with Gasteiger partial charge in [0.15, 0.2) is 11.6 Å². The first-order chi connectivity index (χ1) is 15.7. The Bertz CT molecular complexity index is 1220. The summed E-state index contributed by atoms with van der Waals surface area (Å²) < 4.78 is 7.62. The highest BCUT2D eigenvalue weighted by Crippen LogP contribution is 2.30. The van der Waals surface area contributed by atoms with Gasteiger partial charge in [-0.15, -0.1) is 10.2 Å². The predicted molar refractivity (Wildman–Crippen MR) is 122 cm³/mol. The summed E-state index contributed by atoms with van der Waals surface area (Å²) >= 11 is 0. The van der Waals surface area contributed by atoms with E-state index in [0.29, 0.717) is 44.1 Å². The first-order valence-corrected chi connectivity index (χ1v) is 10.8. The number of piperazine rings is 1. The van der Waals surface area contributed by atoms with Crippen molar-refractivity contribution in [2.75, 3.05) is 37.7 Å². The average molecular weight is 428 g/mol. The van der Waals surface area contributed by atoms with E-state index in [4.69, 9.17) is 4.74 Å². The molecule has 0 N–H and O–H groups in total. The third kappa shape index (κ3) is 3.75. The maximum atomic E-state index is 13.5. The number of anilines is 1. The number of benzene rings is 2. The number of carbonyl (C=O) groups is 1. The van der Waals surface area contributed by atoms with Crippen molar-refractivity contribution in [1.82, 2.24) is 24.6 Å². The van der Waals surface area contributed by atoms with Crippen molar-refractivity contribution in [3.8, 4) is 11.6 Å². The Morgan fingerprint density at radius 3 is 2.47 bits per heavy atom. The molecule has 1 aliphatic rings. The largest absolute Gasteiger partial charge is 0.493 e. The highest BCUT2D eigenvalue weighted by atomic mass is 16.5. The number of aromatic nitrogens is 4. The van der Waals surface area contributed by atoms with E-state index in [1.807, 2.05) is 71.1 Å². The van der Waals surface area contributed by atoms with Crippen LogP contribution in [0.4, 0.5) is 5.82 Å². The molecule has 0 aliphatic carbocycles. The molecule has 162 valence electrons. The van der Waals surface area contributed by atoms with Gasteiger partial charge in [0.25, 0.3) is 5.91 Å². The topological polar surface area (TPSA) is 76.4 Å². The van der Waals surface area contributed by atoms with Gasteiger partial charge in [-0.05, 0) is 35.9 Å². The van der Waals surface area contributed by atoms with Crippen LogP contribution in [0.1, 0.15) is 17.3 Å². The quantitative estimate of drug-likeness (QED) is 0.486. The monoisotopic (exact) mass is 428 g/mol. The van der Waals surface area contributed by atoms with Crippen molar-refractivity contribution in [2.24, 2.45) is 0 Å². The molecular formula is C24H24N6O2. The molecule has 8 heteroatoms. The zero-order chi connectivity index (χ0) is 21.9. The first kappa shape index (κ1) is 20.0. The molecule has 5 rings (SSSR count). The fourth-order valence-corrected chi connectivity index (χ4v) is 4.06. The Morgan fingerprint density at radius 1 is 0.969 bits per heavy atom. The first-order valence-electron chi connectivity index (χ1n) is 10.8. The van der Waals surface area contributed by atoms with E-state index in [2.05, 4.69) is 20.1 Å². The normalized spacial score (nSPS) is 14.0. The third-order valence-corrected chi connectivity index (χ3v) is 5.70. The maximum absolute atomic E-state index is 13.5. The molecule has 4 aromatic rings. The van der Waals surface area contributed by atoms with Gasteiger partial charge in [-0.25, -0.2) is 4.98 Å². The molecular weight excluding hydrogens is 404 g/mol. The maximum Gasteiger partial charge on any atom is 0.258 e. The van der Waals surface area contributed by atoms with Crippen LogP contribution in [0.15, 0.2) is 67.3 Å². The summed E-state index contributed by atoms with van der Waals surface area (Å²) in [5, 5.41) is 10.6. The smallest absolute Gasteiger partial charge is 0.258 e. The molecule has 2 aromatic heterocycles. The van der Waals surface area contributed by atoms with Gasteiger partial charge in [-0.2, -0.15) is 0 Å². The number of hydrogen-bond donors (Lipinski definition) is 0. The molecule has 1 saturated heterocycles. The minimum absolute atomic E-state index is 0.00596. The molecule has 0 saturated carbocycles. The molecule has 0 atom stereocenters. The molecule has 1 fully saturated rings. The predicted octanol–water partition coefficient (Wildman–Crippen LogP) is 3.18. The summed E-state index contributed by atoms with van der Waals surface area (Å²) in [6.45, 7) is 5.05. The van der Waals surface area contributed by atoms with E-state index in [1.165, 1.54) is 0 Å².